The van der Waals surface area contributed by atoms with Crippen LogP contribution in [-0.2, 0) is 13.2 Å². The minimum absolute atomic E-state index is 0. The van der Waals surface area contributed by atoms with Crippen LogP contribution in [-0.4, -0.2) is 33.2 Å². The monoisotopic (exact) mass is 451 g/mol. The van der Waals surface area contributed by atoms with Crippen molar-refractivity contribution in [2.75, 3.05) is 13.1 Å². The van der Waals surface area contributed by atoms with E-state index in [0.717, 1.165) is 18.7 Å². The Kier molecular flexibility index (Phi) is 8.57. The maximum Gasteiger partial charge on any atom is 0.141 e. The van der Waals surface area contributed by atoms with Crippen LogP contribution >= 0.6 is 0 Å². The standard InChI is InChI=1S/C12H20N2O2.Ac/c1-4-14(5-2)7-11-10(8-15)6-13-9(3)12(11)16;/h6,15-16H,4-5,7-8H2,1-3H3;. The Labute approximate surface area is 139 Å². The fraction of sp³-hybridized carbons (Fsp3) is 0.583. The largest absolute Gasteiger partial charge is 0.506 e. The molecule has 0 atom stereocenters. The SMILES string of the molecule is CCN(CC)Cc1c(CO)cnc(C)c1O.[Ac]. The molecule has 0 aromatic carbocycles. The van der Waals surface area contributed by atoms with Crippen molar-refractivity contribution in [1.82, 2.24) is 9.88 Å². The number of aromatic nitrogens is 1. The molecule has 0 unspecified atom stereocenters. The Hall–Kier alpha value is 0.312. The van der Waals surface area contributed by atoms with Gasteiger partial charge in [0.25, 0.3) is 0 Å². The normalized spacial score (nSPS) is 10.4. The summed E-state index contributed by atoms with van der Waals surface area (Å²) in [7, 11) is 0. The first-order chi connectivity index (χ1) is 7.63. The second-order valence-electron chi connectivity index (χ2n) is 3.82. The molecule has 1 aromatic heterocycles. The first-order valence-electron chi connectivity index (χ1n) is 5.63. The Morgan fingerprint density at radius 1 is 1.29 bits per heavy atom. The van der Waals surface area contributed by atoms with Gasteiger partial charge in [-0.25, -0.2) is 0 Å². The van der Waals surface area contributed by atoms with Gasteiger partial charge in [0.05, 0.1) is 12.3 Å². The van der Waals surface area contributed by atoms with Gasteiger partial charge in [-0.1, -0.05) is 13.8 Å². The third kappa shape index (κ3) is 4.48. The maximum atomic E-state index is 9.95. The van der Waals surface area contributed by atoms with Crippen molar-refractivity contribution >= 4 is 0 Å². The molecule has 5 heteroatoms. The molecular weight excluding hydrogens is 431 g/mol. The van der Waals surface area contributed by atoms with Crippen LogP contribution in [0, 0.1) is 51.0 Å². The van der Waals surface area contributed by atoms with Gasteiger partial charge in [-0.3, -0.25) is 9.88 Å². The minimum atomic E-state index is -0.0859. The molecule has 93 valence electrons. The molecule has 0 aliphatic rings. The van der Waals surface area contributed by atoms with E-state index in [1.807, 2.05) is 0 Å². The van der Waals surface area contributed by atoms with Gasteiger partial charge in [-0.2, -0.15) is 0 Å². The fourth-order valence-electron chi connectivity index (χ4n) is 1.67. The van der Waals surface area contributed by atoms with Gasteiger partial charge in [-0.15, -0.1) is 0 Å². The van der Waals surface area contributed by atoms with Crippen molar-refractivity contribution in [1.29, 1.82) is 0 Å². The number of aliphatic hydroxyl groups is 1. The van der Waals surface area contributed by atoms with E-state index >= 15 is 0 Å². The van der Waals surface area contributed by atoms with Crippen LogP contribution in [0.1, 0.15) is 30.7 Å². The van der Waals surface area contributed by atoms with Gasteiger partial charge in [0.2, 0.25) is 0 Å². The molecule has 17 heavy (non-hydrogen) atoms. The van der Waals surface area contributed by atoms with Gasteiger partial charge in [0.1, 0.15) is 5.75 Å². The summed E-state index contributed by atoms with van der Waals surface area (Å²) in [5.74, 6) is 0.207. The zero-order valence-corrected chi connectivity index (χ0v) is 15.5. The first-order valence-corrected chi connectivity index (χ1v) is 5.63. The van der Waals surface area contributed by atoms with E-state index in [1.165, 1.54) is 0 Å². The Morgan fingerprint density at radius 3 is 2.35 bits per heavy atom. The summed E-state index contributed by atoms with van der Waals surface area (Å²) in [6.07, 6.45) is 1.63. The van der Waals surface area contributed by atoms with Crippen LogP contribution in [0.4, 0.5) is 0 Å². The van der Waals surface area contributed by atoms with E-state index in [4.69, 9.17) is 0 Å². The Bertz CT molecular complexity index is 355. The smallest absolute Gasteiger partial charge is 0.141 e. The molecule has 0 saturated heterocycles. The minimum Gasteiger partial charge on any atom is -0.506 e. The number of aliphatic hydroxyl groups excluding tert-OH is 1. The summed E-state index contributed by atoms with van der Waals surface area (Å²) >= 11 is 0. The second kappa shape index (κ2) is 8.42. The molecule has 0 bridgehead atoms. The predicted molar refractivity (Wildman–Crippen MR) is 63.2 cm³/mol. The van der Waals surface area contributed by atoms with Crippen molar-refractivity contribution < 1.29 is 54.3 Å². The average molecular weight is 451 g/mol. The zero-order chi connectivity index (χ0) is 12.1. The van der Waals surface area contributed by atoms with Gasteiger partial charge >= 0.3 is 0 Å². The molecule has 0 amide bonds. The summed E-state index contributed by atoms with van der Waals surface area (Å²) in [6.45, 7) is 8.32. The Balaban J connectivity index is 0.00000256. The van der Waals surface area contributed by atoms with Gasteiger partial charge < -0.3 is 10.2 Å². The third-order valence-corrected chi connectivity index (χ3v) is 2.88. The Morgan fingerprint density at radius 2 is 1.88 bits per heavy atom. The molecule has 1 heterocycles. The van der Waals surface area contributed by atoms with Crippen LogP contribution in [0.15, 0.2) is 6.20 Å². The van der Waals surface area contributed by atoms with Crippen molar-refractivity contribution in [3.63, 3.8) is 0 Å². The average Bonchev–Trinajstić information content (AvgIpc) is 2.31. The molecule has 1 aromatic rings. The molecule has 1 radical (unpaired) electrons. The molecule has 0 aliphatic heterocycles. The number of hydrogen-bond acceptors (Lipinski definition) is 4. The van der Waals surface area contributed by atoms with Crippen LogP contribution in [0.25, 0.3) is 0 Å². The molecule has 0 spiro atoms. The number of aryl methyl sites for hydroxylation is 1. The summed E-state index contributed by atoms with van der Waals surface area (Å²) < 4.78 is 0. The quantitative estimate of drug-likeness (QED) is 0.712. The third-order valence-electron chi connectivity index (χ3n) is 2.88. The number of pyridine rings is 1. The van der Waals surface area contributed by atoms with E-state index in [9.17, 15) is 10.2 Å². The van der Waals surface area contributed by atoms with Crippen LogP contribution in [0.3, 0.4) is 0 Å². The van der Waals surface area contributed by atoms with Crippen LogP contribution in [0.5, 0.6) is 5.75 Å². The zero-order valence-electron chi connectivity index (χ0n) is 10.8. The van der Waals surface area contributed by atoms with Crippen molar-refractivity contribution in [3.05, 3.63) is 23.0 Å². The molecule has 0 saturated carbocycles. The van der Waals surface area contributed by atoms with E-state index in [0.29, 0.717) is 17.8 Å². The number of hydrogen-bond donors (Lipinski definition) is 2. The predicted octanol–water partition coefficient (Wildman–Crippen LogP) is 1.43. The van der Waals surface area contributed by atoms with Crippen molar-refractivity contribution in [3.8, 4) is 5.75 Å². The number of nitrogens with zero attached hydrogens (tertiary/aromatic N) is 2. The van der Waals surface area contributed by atoms with E-state index in [1.54, 1.807) is 13.1 Å². The second-order valence-corrected chi connectivity index (χ2v) is 3.82. The summed E-state index contributed by atoms with van der Waals surface area (Å²) in [5, 5.41) is 19.2. The molecular formula is C12H20AcN2O2. The maximum absolute atomic E-state index is 9.95. The molecule has 4 nitrogen and oxygen atoms in total. The van der Waals surface area contributed by atoms with Crippen LogP contribution < -0.4 is 0 Å². The summed E-state index contributed by atoms with van der Waals surface area (Å²) in [6, 6.07) is 0. The molecule has 0 aliphatic carbocycles. The van der Waals surface area contributed by atoms with E-state index in [-0.39, 0.29) is 56.4 Å². The summed E-state index contributed by atoms with van der Waals surface area (Å²) in [4.78, 5) is 6.23. The van der Waals surface area contributed by atoms with E-state index in [2.05, 4.69) is 23.7 Å². The van der Waals surface area contributed by atoms with Gasteiger partial charge in [-0.05, 0) is 20.0 Å². The fourth-order valence-corrected chi connectivity index (χ4v) is 1.67. The first kappa shape index (κ1) is 17.3. The summed E-state index contributed by atoms with van der Waals surface area (Å²) in [5.41, 5.74) is 2.10. The van der Waals surface area contributed by atoms with Gasteiger partial charge in [0, 0.05) is 67.9 Å². The molecule has 0 fully saturated rings. The molecule has 1 rings (SSSR count). The number of rotatable bonds is 5. The van der Waals surface area contributed by atoms with Crippen molar-refractivity contribution in [2.24, 2.45) is 0 Å². The van der Waals surface area contributed by atoms with E-state index < -0.39 is 0 Å². The molecule has 2 N–H and O–H groups in total. The topological polar surface area (TPSA) is 56.6 Å². The van der Waals surface area contributed by atoms with Crippen LogP contribution in [0.2, 0.25) is 0 Å². The van der Waals surface area contributed by atoms with Crippen molar-refractivity contribution in [2.45, 2.75) is 33.9 Å². The van der Waals surface area contributed by atoms with Gasteiger partial charge in [0.15, 0.2) is 0 Å². The number of aromatic hydroxyl groups is 1.